The standard InChI is InChI=1S/C11H12N2O/c1-9(10-5-4-8-14-10)13-11-6-2-3-7-12-11/h2-9H,1H3,(H,12,13)/t9-/m0/s1. The molecule has 0 saturated heterocycles. The fourth-order valence-electron chi connectivity index (χ4n) is 1.28. The van der Waals surface area contributed by atoms with E-state index in [1.807, 2.05) is 37.3 Å². The van der Waals surface area contributed by atoms with Crippen LogP contribution in [0, 0.1) is 0 Å². The predicted octanol–water partition coefficient (Wildman–Crippen LogP) is 2.85. The minimum atomic E-state index is 0.139. The second kappa shape index (κ2) is 3.96. The number of nitrogens with one attached hydrogen (secondary N) is 1. The van der Waals surface area contributed by atoms with Gasteiger partial charge in [0, 0.05) is 6.20 Å². The molecule has 0 spiro atoms. The predicted molar refractivity (Wildman–Crippen MR) is 55.0 cm³/mol. The number of pyridine rings is 1. The Bertz CT molecular complexity index is 369. The molecule has 0 fully saturated rings. The molecule has 2 aromatic heterocycles. The molecule has 14 heavy (non-hydrogen) atoms. The Balaban J connectivity index is 2.06. The number of furan rings is 1. The van der Waals surface area contributed by atoms with Gasteiger partial charge in [0.05, 0.1) is 12.3 Å². The van der Waals surface area contributed by atoms with Gasteiger partial charge in [0.15, 0.2) is 0 Å². The largest absolute Gasteiger partial charge is 0.467 e. The van der Waals surface area contributed by atoms with Crippen LogP contribution in [0.1, 0.15) is 18.7 Å². The normalized spacial score (nSPS) is 12.4. The summed E-state index contributed by atoms with van der Waals surface area (Å²) in [7, 11) is 0. The third-order valence-corrected chi connectivity index (χ3v) is 2.00. The van der Waals surface area contributed by atoms with E-state index in [1.54, 1.807) is 12.5 Å². The second-order valence-corrected chi connectivity index (χ2v) is 3.10. The van der Waals surface area contributed by atoms with Gasteiger partial charge in [0.1, 0.15) is 11.6 Å². The van der Waals surface area contributed by atoms with Crippen molar-refractivity contribution >= 4 is 5.82 Å². The Morgan fingerprint density at radius 1 is 1.29 bits per heavy atom. The van der Waals surface area contributed by atoms with Crippen molar-refractivity contribution in [2.45, 2.75) is 13.0 Å². The molecular weight excluding hydrogens is 176 g/mol. The smallest absolute Gasteiger partial charge is 0.126 e. The first kappa shape index (κ1) is 8.81. The van der Waals surface area contributed by atoms with E-state index in [4.69, 9.17) is 4.42 Å². The molecule has 2 heterocycles. The third-order valence-electron chi connectivity index (χ3n) is 2.00. The van der Waals surface area contributed by atoms with Crippen molar-refractivity contribution < 1.29 is 4.42 Å². The average molecular weight is 188 g/mol. The molecule has 0 aliphatic rings. The van der Waals surface area contributed by atoms with E-state index in [1.165, 1.54) is 0 Å². The van der Waals surface area contributed by atoms with Crippen molar-refractivity contribution in [2.75, 3.05) is 5.32 Å². The number of rotatable bonds is 3. The summed E-state index contributed by atoms with van der Waals surface area (Å²) >= 11 is 0. The van der Waals surface area contributed by atoms with E-state index in [2.05, 4.69) is 10.3 Å². The summed E-state index contributed by atoms with van der Waals surface area (Å²) < 4.78 is 5.28. The summed E-state index contributed by atoms with van der Waals surface area (Å²) in [5.74, 6) is 1.77. The molecule has 2 aromatic rings. The van der Waals surface area contributed by atoms with Crippen LogP contribution in [-0.4, -0.2) is 4.98 Å². The molecule has 0 saturated carbocycles. The highest BCUT2D eigenvalue weighted by Gasteiger charge is 2.07. The minimum Gasteiger partial charge on any atom is -0.467 e. The lowest BCUT2D eigenvalue weighted by Gasteiger charge is -2.11. The molecule has 0 amide bonds. The first-order chi connectivity index (χ1) is 6.86. The van der Waals surface area contributed by atoms with Gasteiger partial charge in [-0.1, -0.05) is 6.07 Å². The van der Waals surface area contributed by atoms with Crippen LogP contribution < -0.4 is 5.32 Å². The van der Waals surface area contributed by atoms with Crippen molar-refractivity contribution in [3.8, 4) is 0 Å². The maximum atomic E-state index is 5.28. The topological polar surface area (TPSA) is 38.1 Å². The van der Waals surface area contributed by atoms with Gasteiger partial charge in [0.2, 0.25) is 0 Å². The average Bonchev–Trinajstić information content (AvgIpc) is 2.72. The number of hydrogen-bond donors (Lipinski definition) is 1. The van der Waals surface area contributed by atoms with Crippen molar-refractivity contribution in [2.24, 2.45) is 0 Å². The maximum absolute atomic E-state index is 5.28. The molecule has 3 nitrogen and oxygen atoms in total. The van der Waals surface area contributed by atoms with Gasteiger partial charge >= 0.3 is 0 Å². The maximum Gasteiger partial charge on any atom is 0.126 e. The number of aromatic nitrogens is 1. The van der Waals surface area contributed by atoms with Gasteiger partial charge in [-0.15, -0.1) is 0 Å². The van der Waals surface area contributed by atoms with E-state index in [-0.39, 0.29) is 6.04 Å². The van der Waals surface area contributed by atoms with Crippen LogP contribution in [-0.2, 0) is 0 Å². The summed E-state index contributed by atoms with van der Waals surface area (Å²) in [4.78, 5) is 4.18. The second-order valence-electron chi connectivity index (χ2n) is 3.10. The zero-order valence-electron chi connectivity index (χ0n) is 7.97. The molecule has 2 rings (SSSR count). The highest BCUT2D eigenvalue weighted by molar-refractivity contribution is 5.35. The lowest BCUT2D eigenvalue weighted by Crippen LogP contribution is -2.06. The zero-order valence-corrected chi connectivity index (χ0v) is 7.97. The summed E-state index contributed by atoms with van der Waals surface area (Å²) in [5.41, 5.74) is 0. The van der Waals surface area contributed by atoms with Gasteiger partial charge in [-0.2, -0.15) is 0 Å². The van der Waals surface area contributed by atoms with Crippen molar-refractivity contribution in [3.05, 3.63) is 48.6 Å². The molecule has 0 aromatic carbocycles. The Labute approximate surface area is 82.8 Å². The van der Waals surface area contributed by atoms with Gasteiger partial charge in [-0.3, -0.25) is 0 Å². The van der Waals surface area contributed by atoms with E-state index >= 15 is 0 Å². The molecule has 1 N–H and O–H groups in total. The first-order valence-corrected chi connectivity index (χ1v) is 4.57. The lowest BCUT2D eigenvalue weighted by atomic mass is 10.2. The Kier molecular flexibility index (Phi) is 2.49. The van der Waals surface area contributed by atoms with E-state index < -0.39 is 0 Å². The van der Waals surface area contributed by atoms with Gasteiger partial charge in [0.25, 0.3) is 0 Å². The molecule has 1 atom stereocenters. The Morgan fingerprint density at radius 3 is 2.86 bits per heavy atom. The van der Waals surface area contributed by atoms with E-state index in [0.717, 1.165) is 11.6 Å². The monoisotopic (exact) mass is 188 g/mol. The van der Waals surface area contributed by atoms with Crippen LogP contribution in [0.15, 0.2) is 47.2 Å². The zero-order chi connectivity index (χ0) is 9.80. The summed E-state index contributed by atoms with van der Waals surface area (Å²) in [6.07, 6.45) is 3.43. The van der Waals surface area contributed by atoms with Crippen LogP contribution in [0.5, 0.6) is 0 Å². The summed E-state index contributed by atoms with van der Waals surface area (Å²) in [5, 5.41) is 3.24. The van der Waals surface area contributed by atoms with Crippen molar-refractivity contribution in [3.63, 3.8) is 0 Å². The minimum absolute atomic E-state index is 0.139. The highest BCUT2D eigenvalue weighted by Crippen LogP contribution is 2.17. The fraction of sp³-hybridized carbons (Fsp3) is 0.182. The quantitative estimate of drug-likeness (QED) is 0.804. The SMILES string of the molecule is C[C@H](Nc1ccccn1)c1ccco1. The number of nitrogens with zero attached hydrogens (tertiary/aromatic N) is 1. The molecule has 0 aliphatic heterocycles. The fourth-order valence-corrected chi connectivity index (χ4v) is 1.28. The number of hydrogen-bond acceptors (Lipinski definition) is 3. The first-order valence-electron chi connectivity index (χ1n) is 4.57. The van der Waals surface area contributed by atoms with Gasteiger partial charge in [-0.25, -0.2) is 4.98 Å². The molecular formula is C11H12N2O. The van der Waals surface area contributed by atoms with E-state index in [0.29, 0.717) is 0 Å². The van der Waals surface area contributed by atoms with Gasteiger partial charge < -0.3 is 9.73 Å². The Morgan fingerprint density at radius 2 is 2.21 bits per heavy atom. The molecule has 0 aliphatic carbocycles. The van der Waals surface area contributed by atoms with Crippen LogP contribution >= 0.6 is 0 Å². The Hall–Kier alpha value is -1.77. The number of anilines is 1. The van der Waals surface area contributed by atoms with Crippen LogP contribution in [0.2, 0.25) is 0 Å². The summed E-state index contributed by atoms with van der Waals surface area (Å²) in [6, 6.07) is 9.73. The van der Waals surface area contributed by atoms with Crippen molar-refractivity contribution in [1.29, 1.82) is 0 Å². The van der Waals surface area contributed by atoms with Crippen LogP contribution in [0.4, 0.5) is 5.82 Å². The summed E-state index contributed by atoms with van der Waals surface area (Å²) in [6.45, 7) is 2.04. The van der Waals surface area contributed by atoms with Gasteiger partial charge in [-0.05, 0) is 31.2 Å². The van der Waals surface area contributed by atoms with Crippen molar-refractivity contribution in [1.82, 2.24) is 4.98 Å². The van der Waals surface area contributed by atoms with E-state index in [9.17, 15) is 0 Å². The third kappa shape index (κ3) is 1.93. The molecule has 3 heteroatoms. The van der Waals surface area contributed by atoms with Crippen LogP contribution in [0.25, 0.3) is 0 Å². The van der Waals surface area contributed by atoms with Crippen LogP contribution in [0.3, 0.4) is 0 Å². The molecule has 72 valence electrons. The highest BCUT2D eigenvalue weighted by atomic mass is 16.3. The molecule has 0 bridgehead atoms. The molecule has 0 unspecified atom stereocenters. The molecule has 0 radical (unpaired) electrons. The lowest BCUT2D eigenvalue weighted by molar-refractivity contribution is 0.490.